The molecule has 0 aromatic carbocycles. The molecule has 1 atom stereocenters. The standard InChI is InChI=1S/C15H18N2O7S/c18-4-3-16-10(19)6-7-1-2-8-9(5-7)25-13(11(8)14(21)22)17-12(20)15(23)24/h7,18H,1-6H2,(H,16,19)(H,17,20)(H,21,22)(H,23,24). The maximum atomic E-state index is 11.7. The van der Waals surface area contributed by atoms with Gasteiger partial charge in [-0.2, -0.15) is 0 Å². The second kappa shape index (κ2) is 8.08. The lowest BCUT2D eigenvalue weighted by atomic mass is 9.85. The molecule has 0 saturated heterocycles. The third-order valence-corrected chi connectivity index (χ3v) is 5.08. The molecule has 0 fully saturated rings. The Balaban J connectivity index is 2.16. The number of thiophene rings is 1. The van der Waals surface area contributed by atoms with Crippen LogP contribution in [-0.2, 0) is 27.2 Å². The van der Waals surface area contributed by atoms with Crippen LogP contribution in [0.25, 0.3) is 0 Å². The van der Waals surface area contributed by atoms with Gasteiger partial charge in [0.25, 0.3) is 0 Å². The van der Waals surface area contributed by atoms with Crippen molar-refractivity contribution in [2.45, 2.75) is 25.7 Å². The number of rotatable bonds is 6. The number of nitrogens with one attached hydrogen (secondary N) is 2. The first kappa shape index (κ1) is 18.9. The zero-order valence-electron chi connectivity index (χ0n) is 13.2. The molecule has 136 valence electrons. The smallest absolute Gasteiger partial charge is 0.394 e. The number of carbonyl (C=O) groups excluding carboxylic acids is 2. The fourth-order valence-corrected chi connectivity index (χ4v) is 4.18. The Kier molecular flexibility index (Phi) is 6.10. The molecule has 1 unspecified atom stereocenters. The minimum atomic E-state index is -1.69. The number of anilines is 1. The molecule has 9 nitrogen and oxygen atoms in total. The average Bonchev–Trinajstić information content (AvgIpc) is 2.89. The number of hydrogen-bond acceptors (Lipinski definition) is 6. The van der Waals surface area contributed by atoms with Crippen molar-refractivity contribution in [1.29, 1.82) is 0 Å². The summed E-state index contributed by atoms with van der Waals surface area (Å²) in [7, 11) is 0. The second-order valence-corrected chi connectivity index (χ2v) is 6.76. The van der Waals surface area contributed by atoms with Crippen molar-refractivity contribution in [2.75, 3.05) is 18.5 Å². The van der Waals surface area contributed by atoms with Gasteiger partial charge in [0, 0.05) is 17.8 Å². The Morgan fingerprint density at radius 3 is 2.52 bits per heavy atom. The number of carboxylic acid groups (broad SMARTS) is 2. The fraction of sp³-hybridized carbons (Fsp3) is 0.467. The van der Waals surface area contributed by atoms with Crippen molar-refractivity contribution < 1.29 is 34.5 Å². The zero-order chi connectivity index (χ0) is 18.6. The number of carboxylic acids is 2. The Labute approximate surface area is 146 Å². The highest BCUT2D eigenvalue weighted by Crippen LogP contribution is 2.40. The van der Waals surface area contributed by atoms with Crippen LogP contribution in [0, 0.1) is 5.92 Å². The van der Waals surface area contributed by atoms with E-state index in [2.05, 4.69) is 10.6 Å². The summed E-state index contributed by atoms with van der Waals surface area (Å²) in [6.07, 6.45) is 1.80. The van der Waals surface area contributed by atoms with Crippen LogP contribution in [0.5, 0.6) is 0 Å². The predicted octanol–water partition coefficient (Wildman–Crippen LogP) is 0.0729. The fourth-order valence-electron chi connectivity index (χ4n) is 2.83. The van der Waals surface area contributed by atoms with Crippen LogP contribution in [0.15, 0.2) is 0 Å². The van der Waals surface area contributed by atoms with Crippen molar-refractivity contribution >= 4 is 40.1 Å². The van der Waals surface area contributed by atoms with Crippen molar-refractivity contribution in [3.05, 3.63) is 16.0 Å². The number of aromatic carboxylic acids is 1. The third kappa shape index (κ3) is 4.54. The number of aliphatic hydroxyl groups excluding tert-OH is 1. The van der Waals surface area contributed by atoms with Gasteiger partial charge in [0.05, 0.1) is 12.2 Å². The van der Waals surface area contributed by atoms with E-state index in [4.69, 9.17) is 10.2 Å². The largest absolute Gasteiger partial charge is 0.478 e. The summed E-state index contributed by atoms with van der Waals surface area (Å²) in [5.74, 6) is -4.37. The molecule has 0 radical (unpaired) electrons. The van der Waals surface area contributed by atoms with Gasteiger partial charge in [-0.05, 0) is 30.7 Å². The molecule has 1 aliphatic rings. The number of amides is 2. The maximum absolute atomic E-state index is 11.7. The molecule has 2 amide bonds. The first-order valence-electron chi connectivity index (χ1n) is 7.63. The Morgan fingerprint density at radius 1 is 1.20 bits per heavy atom. The molecule has 1 aromatic heterocycles. The Morgan fingerprint density at radius 2 is 1.92 bits per heavy atom. The van der Waals surface area contributed by atoms with Gasteiger partial charge in [-0.3, -0.25) is 9.59 Å². The highest BCUT2D eigenvalue weighted by molar-refractivity contribution is 7.17. The van der Waals surface area contributed by atoms with E-state index in [9.17, 15) is 24.3 Å². The molecule has 1 aliphatic carbocycles. The lowest BCUT2D eigenvalue weighted by molar-refractivity contribution is -0.147. The van der Waals surface area contributed by atoms with Crippen LogP contribution in [-0.4, -0.2) is 52.2 Å². The van der Waals surface area contributed by atoms with Crippen LogP contribution >= 0.6 is 11.3 Å². The van der Waals surface area contributed by atoms with Crippen molar-refractivity contribution in [2.24, 2.45) is 5.92 Å². The molecule has 1 heterocycles. The number of carbonyl (C=O) groups is 4. The van der Waals surface area contributed by atoms with Crippen LogP contribution in [0.3, 0.4) is 0 Å². The first-order valence-corrected chi connectivity index (χ1v) is 8.44. The van der Waals surface area contributed by atoms with Gasteiger partial charge in [0.15, 0.2) is 0 Å². The summed E-state index contributed by atoms with van der Waals surface area (Å²) in [5, 5.41) is 31.5. The second-order valence-electron chi connectivity index (χ2n) is 5.66. The van der Waals surface area contributed by atoms with E-state index in [1.165, 1.54) is 0 Å². The van der Waals surface area contributed by atoms with Crippen LogP contribution < -0.4 is 10.6 Å². The van der Waals surface area contributed by atoms with Gasteiger partial charge in [0.1, 0.15) is 5.00 Å². The van der Waals surface area contributed by atoms with Crippen LogP contribution in [0.2, 0.25) is 0 Å². The zero-order valence-corrected chi connectivity index (χ0v) is 14.0. The summed E-state index contributed by atoms with van der Waals surface area (Å²) in [6.45, 7) is 0.0461. The summed E-state index contributed by atoms with van der Waals surface area (Å²) in [5.41, 5.74) is 0.517. The molecule has 10 heteroatoms. The number of aliphatic carboxylic acids is 1. The van der Waals surface area contributed by atoms with Crippen LogP contribution in [0.1, 0.15) is 33.6 Å². The van der Waals surface area contributed by atoms with E-state index in [1.807, 2.05) is 0 Å². The number of fused-ring (bicyclic) bond motifs is 1. The van der Waals surface area contributed by atoms with Gasteiger partial charge >= 0.3 is 17.8 Å². The summed E-state index contributed by atoms with van der Waals surface area (Å²) >= 11 is 1.04. The van der Waals surface area contributed by atoms with E-state index in [1.54, 1.807) is 0 Å². The van der Waals surface area contributed by atoms with E-state index in [0.29, 0.717) is 24.8 Å². The van der Waals surface area contributed by atoms with E-state index < -0.39 is 17.8 Å². The average molecular weight is 370 g/mol. The normalized spacial score (nSPS) is 16.0. The third-order valence-electron chi connectivity index (χ3n) is 3.91. The molecular weight excluding hydrogens is 352 g/mol. The summed E-state index contributed by atoms with van der Waals surface area (Å²) in [4.78, 5) is 46.0. The first-order chi connectivity index (χ1) is 11.8. The van der Waals surface area contributed by atoms with Crippen molar-refractivity contribution in [1.82, 2.24) is 5.32 Å². The molecule has 0 saturated carbocycles. The molecule has 2 rings (SSSR count). The summed E-state index contributed by atoms with van der Waals surface area (Å²) in [6, 6.07) is 0. The summed E-state index contributed by atoms with van der Waals surface area (Å²) < 4.78 is 0. The molecule has 0 aliphatic heterocycles. The monoisotopic (exact) mass is 370 g/mol. The highest BCUT2D eigenvalue weighted by Gasteiger charge is 2.30. The SMILES string of the molecule is O=C(CC1CCc2c(sc(NC(=O)C(=O)O)c2C(=O)O)C1)NCCO. The quantitative estimate of drug-likeness (QED) is 0.444. The molecule has 0 spiro atoms. The molecule has 25 heavy (non-hydrogen) atoms. The highest BCUT2D eigenvalue weighted by atomic mass is 32.1. The van der Waals surface area contributed by atoms with Gasteiger partial charge in [-0.25, -0.2) is 9.59 Å². The van der Waals surface area contributed by atoms with Gasteiger partial charge < -0.3 is 26.0 Å². The van der Waals surface area contributed by atoms with Gasteiger partial charge in [-0.15, -0.1) is 11.3 Å². The molecule has 1 aromatic rings. The number of hydrogen-bond donors (Lipinski definition) is 5. The predicted molar refractivity (Wildman–Crippen MR) is 87.8 cm³/mol. The van der Waals surface area contributed by atoms with Gasteiger partial charge in [-0.1, -0.05) is 0 Å². The minimum Gasteiger partial charge on any atom is -0.478 e. The molecule has 0 bridgehead atoms. The van der Waals surface area contributed by atoms with E-state index in [0.717, 1.165) is 16.2 Å². The molecular formula is C15H18N2O7S. The Hall–Kier alpha value is -2.46. The topological polar surface area (TPSA) is 153 Å². The van der Waals surface area contributed by atoms with E-state index in [-0.39, 0.29) is 42.0 Å². The lowest BCUT2D eigenvalue weighted by Gasteiger charge is -2.21. The molecule has 5 N–H and O–H groups in total. The minimum absolute atomic E-state index is 0.00952. The van der Waals surface area contributed by atoms with Gasteiger partial charge in [0.2, 0.25) is 5.91 Å². The Bertz CT molecular complexity index is 713. The van der Waals surface area contributed by atoms with E-state index >= 15 is 0 Å². The lowest BCUT2D eigenvalue weighted by Crippen LogP contribution is -2.29. The number of aliphatic hydroxyl groups is 1. The maximum Gasteiger partial charge on any atom is 0.394 e. The van der Waals surface area contributed by atoms with Crippen molar-refractivity contribution in [3.63, 3.8) is 0 Å². The van der Waals surface area contributed by atoms with Crippen LogP contribution in [0.4, 0.5) is 5.00 Å². The van der Waals surface area contributed by atoms with Crippen molar-refractivity contribution in [3.8, 4) is 0 Å².